The van der Waals surface area contributed by atoms with Gasteiger partial charge in [-0.15, -0.1) is 0 Å². The van der Waals surface area contributed by atoms with Crippen LogP contribution in [0.3, 0.4) is 0 Å². The Morgan fingerprint density at radius 2 is 1.92 bits per heavy atom. The van der Waals surface area contributed by atoms with Crippen molar-refractivity contribution in [2.75, 3.05) is 26.2 Å². The molecule has 0 spiro atoms. The highest BCUT2D eigenvalue weighted by molar-refractivity contribution is 5.81. The molecule has 1 saturated heterocycles. The number of para-hydroxylation sites is 1. The monoisotopic (exact) mass is 342 g/mol. The molecule has 1 aliphatic rings. The summed E-state index contributed by atoms with van der Waals surface area (Å²) in [7, 11) is 0. The van der Waals surface area contributed by atoms with Gasteiger partial charge in [0.05, 0.1) is 12.8 Å². The summed E-state index contributed by atoms with van der Waals surface area (Å²) in [6, 6.07) is 11.7. The zero-order chi connectivity index (χ0) is 17.6. The second kappa shape index (κ2) is 8.21. The van der Waals surface area contributed by atoms with Crippen molar-refractivity contribution in [3.05, 3.63) is 54.0 Å². The standard InChI is InChI=1S/C20H26N2O3/c1-3-18(25-19-9-5-4-7-16(19)2)20(23)22-12-10-21(11-13-22)15-17-8-6-14-24-17/h4-9,14,18H,3,10-13,15H2,1-2H3. The van der Waals surface area contributed by atoms with Crippen molar-refractivity contribution in [3.8, 4) is 5.75 Å². The van der Waals surface area contributed by atoms with Crippen LogP contribution in [0.4, 0.5) is 0 Å². The fourth-order valence-electron chi connectivity index (χ4n) is 3.10. The summed E-state index contributed by atoms with van der Waals surface area (Å²) in [4.78, 5) is 17.1. The molecule has 0 N–H and O–H groups in total. The second-order valence-electron chi connectivity index (χ2n) is 6.46. The Labute approximate surface area is 149 Å². The second-order valence-corrected chi connectivity index (χ2v) is 6.46. The lowest BCUT2D eigenvalue weighted by Gasteiger charge is -2.36. The Morgan fingerprint density at radius 1 is 1.16 bits per heavy atom. The molecule has 0 saturated carbocycles. The number of carbonyl (C=O) groups is 1. The van der Waals surface area contributed by atoms with E-state index in [9.17, 15) is 4.79 Å². The minimum Gasteiger partial charge on any atom is -0.480 e. The van der Waals surface area contributed by atoms with Crippen molar-refractivity contribution in [1.82, 2.24) is 9.80 Å². The highest BCUT2D eigenvalue weighted by Crippen LogP contribution is 2.20. The van der Waals surface area contributed by atoms with Crippen LogP contribution < -0.4 is 4.74 Å². The van der Waals surface area contributed by atoms with Gasteiger partial charge in [-0.1, -0.05) is 25.1 Å². The van der Waals surface area contributed by atoms with Crippen LogP contribution in [0.1, 0.15) is 24.7 Å². The number of hydrogen-bond acceptors (Lipinski definition) is 4. The van der Waals surface area contributed by atoms with Crippen molar-refractivity contribution >= 4 is 5.91 Å². The molecule has 134 valence electrons. The average Bonchev–Trinajstić information content (AvgIpc) is 3.14. The van der Waals surface area contributed by atoms with Crippen LogP contribution >= 0.6 is 0 Å². The molecule has 1 amide bonds. The van der Waals surface area contributed by atoms with Crippen molar-refractivity contribution < 1.29 is 13.9 Å². The maximum absolute atomic E-state index is 12.8. The Hall–Kier alpha value is -2.27. The van der Waals surface area contributed by atoms with E-state index in [-0.39, 0.29) is 5.91 Å². The van der Waals surface area contributed by atoms with Gasteiger partial charge in [0.2, 0.25) is 0 Å². The van der Waals surface area contributed by atoms with Gasteiger partial charge >= 0.3 is 0 Å². The first-order chi connectivity index (χ1) is 12.2. The first kappa shape index (κ1) is 17.5. The Kier molecular flexibility index (Phi) is 5.76. The van der Waals surface area contributed by atoms with Crippen molar-refractivity contribution in [2.24, 2.45) is 0 Å². The molecule has 0 bridgehead atoms. The summed E-state index contributed by atoms with van der Waals surface area (Å²) in [5, 5.41) is 0. The zero-order valence-corrected chi connectivity index (χ0v) is 15.0. The van der Waals surface area contributed by atoms with Gasteiger partial charge < -0.3 is 14.1 Å². The molecular weight excluding hydrogens is 316 g/mol. The van der Waals surface area contributed by atoms with E-state index in [0.29, 0.717) is 6.42 Å². The number of hydrogen-bond donors (Lipinski definition) is 0. The van der Waals surface area contributed by atoms with Gasteiger partial charge in [-0.3, -0.25) is 9.69 Å². The first-order valence-corrected chi connectivity index (χ1v) is 8.93. The van der Waals surface area contributed by atoms with Gasteiger partial charge in [0.15, 0.2) is 6.10 Å². The predicted octanol–water partition coefficient (Wildman–Crippen LogP) is 3.09. The molecule has 0 aliphatic carbocycles. The van der Waals surface area contributed by atoms with Crippen LogP contribution in [0.25, 0.3) is 0 Å². The van der Waals surface area contributed by atoms with Crippen LogP contribution in [-0.2, 0) is 11.3 Å². The topological polar surface area (TPSA) is 45.9 Å². The third kappa shape index (κ3) is 4.42. The zero-order valence-electron chi connectivity index (χ0n) is 15.0. The molecule has 1 unspecified atom stereocenters. The molecule has 2 heterocycles. The number of ether oxygens (including phenoxy) is 1. The SMILES string of the molecule is CCC(Oc1ccccc1C)C(=O)N1CCN(Cc2ccco2)CC1. The minimum atomic E-state index is -0.419. The summed E-state index contributed by atoms with van der Waals surface area (Å²) in [6.45, 7) is 7.96. The largest absolute Gasteiger partial charge is 0.480 e. The van der Waals surface area contributed by atoms with Crippen LogP contribution in [0.2, 0.25) is 0 Å². The number of aryl methyl sites for hydroxylation is 1. The fourth-order valence-corrected chi connectivity index (χ4v) is 3.10. The number of amides is 1. The summed E-state index contributed by atoms with van der Waals surface area (Å²) < 4.78 is 11.4. The molecule has 3 rings (SSSR count). The molecular formula is C20H26N2O3. The lowest BCUT2D eigenvalue weighted by atomic mass is 10.2. The minimum absolute atomic E-state index is 0.0865. The van der Waals surface area contributed by atoms with Crippen LogP contribution in [-0.4, -0.2) is 48.0 Å². The fraction of sp³-hybridized carbons (Fsp3) is 0.450. The maximum Gasteiger partial charge on any atom is 0.263 e. The van der Waals surface area contributed by atoms with Crippen molar-refractivity contribution in [3.63, 3.8) is 0 Å². The summed E-state index contributed by atoms with van der Waals surface area (Å²) in [5.74, 6) is 1.84. The van der Waals surface area contributed by atoms with E-state index in [0.717, 1.165) is 49.8 Å². The smallest absolute Gasteiger partial charge is 0.263 e. The summed E-state index contributed by atoms with van der Waals surface area (Å²) in [5.41, 5.74) is 1.05. The van der Waals surface area contributed by atoms with E-state index in [1.165, 1.54) is 0 Å². The summed E-state index contributed by atoms with van der Waals surface area (Å²) >= 11 is 0. The van der Waals surface area contributed by atoms with Crippen molar-refractivity contribution in [1.29, 1.82) is 0 Å². The molecule has 2 aromatic rings. The average molecular weight is 342 g/mol. The van der Waals surface area contributed by atoms with Gasteiger partial charge in [-0.05, 0) is 37.1 Å². The molecule has 0 radical (unpaired) electrons. The molecule has 25 heavy (non-hydrogen) atoms. The maximum atomic E-state index is 12.8. The number of nitrogens with zero attached hydrogens (tertiary/aromatic N) is 2. The Balaban J connectivity index is 1.54. The quantitative estimate of drug-likeness (QED) is 0.809. The number of rotatable bonds is 6. The number of piperazine rings is 1. The highest BCUT2D eigenvalue weighted by atomic mass is 16.5. The van der Waals surface area contributed by atoms with E-state index < -0.39 is 6.10 Å². The van der Waals surface area contributed by atoms with E-state index in [2.05, 4.69) is 4.90 Å². The molecule has 1 aliphatic heterocycles. The van der Waals surface area contributed by atoms with Crippen molar-refractivity contribution in [2.45, 2.75) is 32.9 Å². The molecule has 5 heteroatoms. The van der Waals surface area contributed by atoms with Gasteiger partial charge in [0.1, 0.15) is 11.5 Å². The molecule has 1 aromatic heterocycles. The van der Waals surface area contributed by atoms with E-state index in [1.807, 2.05) is 55.1 Å². The van der Waals surface area contributed by atoms with E-state index in [4.69, 9.17) is 9.15 Å². The first-order valence-electron chi connectivity index (χ1n) is 8.93. The third-order valence-corrected chi connectivity index (χ3v) is 4.65. The Bertz CT molecular complexity index is 676. The number of benzene rings is 1. The van der Waals surface area contributed by atoms with Gasteiger partial charge in [0.25, 0.3) is 5.91 Å². The molecule has 1 aromatic carbocycles. The van der Waals surface area contributed by atoms with Gasteiger partial charge in [0, 0.05) is 26.2 Å². The van der Waals surface area contributed by atoms with Crippen LogP contribution in [0.15, 0.2) is 47.1 Å². The molecule has 1 atom stereocenters. The highest BCUT2D eigenvalue weighted by Gasteiger charge is 2.28. The van der Waals surface area contributed by atoms with Crippen LogP contribution in [0.5, 0.6) is 5.75 Å². The lowest BCUT2D eigenvalue weighted by Crippen LogP contribution is -2.52. The third-order valence-electron chi connectivity index (χ3n) is 4.65. The summed E-state index contributed by atoms with van der Waals surface area (Å²) in [6.07, 6.45) is 1.95. The molecule has 5 nitrogen and oxygen atoms in total. The number of carbonyl (C=O) groups excluding carboxylic acids is 1. The van der Waals surface area contributed by atoms with E-state index >= 15 is 0 Å². The van der Waals surface area contributed by atoms with Gasteiger partial charge in [-0.2, -0.15) is 0 Å². The molecule has 1 fully saturated rings. The normalized spacial score (nSPS) is 16.6. The lowest BCUT2D eigenvalue weighted by molar-refractivity contribution is -0.140. The van der Waals surface area contributed by atoms with E-state index in [1.54, 1.807) is 6.26 Å². The number of furan rings is 1. The van der Waals surface area contributed by atoms with Gasteiger partial charge in [-0.25, -0.2) is 0 Å². The van der Waals surface area contributed by atoms with Crippen LogP contribution in [0, 0.1) is 6.92 Å². The predicted molar refractivity (Wildman–Crippen MR) is 96.5 cm³/mol. The Morgan fingerprint density at radius 3 is 2.56 bits per heavy atom.